The summed E-state index contributed by atoms with van der Waals surface area (Å²) in [7, 11) is 0. The first-order valence-electron chi connectivity index (χ1n) is 7.04. The van der Waals surface area contributed by atoms with Crippen LogP contribution in [0.4, 0.5) is 0 Å². The molecule has 1 heterocycles. The standard InChI is InChI=1S/C17H20N2/c1-2-13(11-12-18)19-16-9-5-3-7-14(16)15-8-4-6-10-17(15)19/h3-10,13H,2,11-12,18H2,1H3. The molecule has 0 saturated heterocycles. The predicted octanol–water partition coefficient (Wildman–Crippen LogP) is 4.09. The van der Waals surface area contributed by atoms with E-state index >= 15 is 0 Å². The molecule has 1 aromatic heterocycles. The van der Waals surface area contributed by atoms with Crippen LogP contribution in [0.3, 0.4) is 0 Å². The Morgan fingerprint density at radius 2 is 1.47 bits per heavy atom. The van der Waals surface area contributed by atoms with Crippen molar-refractivity contribution in [1.29, 1.82) is 0 Å². The summed E-state index contributed by atoms with van der Waals surface area (Å²) < 4.78 is 2.47. The molecular formula is C17H20N2. The third-order valence-corrected chi connectivity index (χ3v) is 3.95. The molecule has 1 unspecified atom stereocenters. The van der Waals surface area contributed by atoms with E-state index in [4.69, 9.17) is 5.73 Å². The summed E-state index contributed by atoms with van der Waals surface area (Å²) >= 11 is 0. The lowest BCUT2D eigenvalue weighted by molar-refractivity contribution is 0.483. The molecule has 0 bridgehead atoms. The van der Waals surface area contributed by atoms with Gasteiger partial charge in [0.2, 0.25) is 0 Å². The first-order chi connectivity index (χ1) is 9.36. The molecule has 0 fully saturated rings. The largest absolute Gasteiger partial charge is 0.337 e. The maximum absolute atomic E-state index is 5.79. The summed E-state index contributed by atoms with van der Waals surface area (Å²) in [5.74, 6) is 0. The summed E-state index contributed by atoms with van der Waals surface area (Å²) in [5.41, 5.74) is 8.43. The van der Waals surface area contributed by atoms with Crippen molar-refractivity contribution in [2.24, 2.45) is 5.73 Å². The number of hydrogen-bond acceptors (Lipinski definition) is 1. The van der Waals surface area contributed by atoms with Crippen molar-refractivity contribution in [3.63, 3.8) is 0 Å². The molecule has 3 rings (SSSR count). The maximum atomic E-state index is 5.79. The Kier molecular flexibility index (Phi) is 3.26. The van der Waals surface area contributed by atoms with Crippen LogP contribution in [0.5, 0.6) is 0 Å². The summed E-state index contributed by atoms with van der Waals surface area (Å²) in [4.78, 5) is 0. The summed E-state index contributed by atoms with van der Waals surface area (Å²) in [6.07, 6.45) is 2.14. The molecule has 0 aliphatic carbocycles. The van der Waals surface area contributed by atoms with E-state index in [1.54, 1.807) is 0 Å². The fraction of sp³-hybridized carbons (Fsp3) is 0.294. The Labute approximate surface area is 113 Å². The van der Waals surface area contributed by atoms with E-state index in [0.29, 0.717) is 6.04 Å². The lowest BCUT2D eigenvalue weighted by Crippen LogP contribution is -2.13. The fourth-order valence-corrected chi connectivity index (χ4v) is 3.05. The number of fused-ring (bicyclic) bond motifs is 3. The molecule has 2 nitrogen and oxygen atoms in total. The smallest absolute Gasteiger partial charge is 0.0493 e. The van der Waals surface area contributed by atoms with Gasteiger partial charge in [0.1, 0.15) is 0 Å². The number of rotatable bonds is 4. The highest BCUT2D eigenvalue weighted by Gasteiger charge is 2.15. The van der Waals surface area contributed by atoms with Crippen molar-refractivity contribution in [2.75, 3.05) is 6.54 Å². The van der Waals surface area contributed by atoms with Crippen molar-refractivity contribution >= 4 is 21.8 Å². The van der Waals surface area contributed by atoms with Gasteiger partial charge in [0, 0.05) is 27.8 Å². The molecule has 2 aromatic carbocycles. The van der Waals surface area contributed by atoms with E-state index in [1.807, 2.05) is 0 Å². The first-order valence-corrected chi connectivity index (χ1v) is 7.04. The third-order valence-electron chi connectivity index (χ3n) is 3.95. The van der Waals surface area contributed by atoms with Gasteiger partial charge in [-0.2, -0.15) is 0 Å². The number of aromatic nitrogens is 1. The highest BCUT2D eigenvalue weighted by atomic mass is 15.0. The molecule has 1 atom stereocenters. The van der Waals surface area contributed by atoms with Crippen LogP contribution in [0, 0.1) is 0 Å². The van der Waals surface area contributed by atoms with Gasteiger partial charge in [0.25, 0.3) is 0 Å². The second-order valence-corrected chi connectivity index (χ2v) is 5.04. The number of nitrogens with zero attached hydrogens (tertiary/aromatic N) is 1. The molecule has 0 aliphatic rings. The zero-order valence-corrected chi connectivity index (χ0v) is 11.3. The topological polar surface area (TPSA) is 30.9 Å². The van der Waals surface area contributed by atoms with Crippen molar-refractivity contribution < 1.29 is 0 Å². The lowest BCUT2D eigenvalue weighted by atomic mass is 10.1. The summed E-state index contributed by atoms with van der Waals surface area (Å²) in [5, 5.41) is 2.68. The minimum absolute atomic E-state index is 0.481. The molecule has 19 heavy (non-hydrogen) atoms. The Morgan fingerprint density at radius 3 is 1.95 bits per heavy atom. The number of nitrogens with two attached hydrogens (primary N) is 1. The van der Waals surface area contributed by atoms with Gasteiger partial charge in [-0.15, -0.1) is 0 Å². The van der Waals surface area contributed by atoms with Gasteiger partial charge in [-0.05, 0) is 31.5 Å². The fourth-order valence-electron chi connectivity index (χ4n) is 3.05. The van der Waals surface area contributed by atoms with Gasteiger partial charge in [-0.1, -0.05) is 43.3 Å². The molecule has 0 aliphatic heterocycles. The van der Waals surface area contributed by atoms with Crippen molar-refractivity contribution in [3.8, 4) is 0 Å². The van der Waals surface area contributed by atoms with Crippen LogP contribution in [0.15, 0.2) is 48.5 Å². The maximum Gasteiger partial charge on any atom is 0.0493 e. The first kappa shape index (κ1) is 12.2. The molecule has 3 aromatic rings. The highest BCUT2D eigenvalue weighted by Crippen LogP contribution is 2.33. The van der Waals surface area contributed by atoms with Crippen molar-refractivity contribution in [1.82, 2.24) is 4.57 Å². The Balaban J connectivity index is 2.35. The predicted molar refractivity (Wildman–Crippen MR) is 82.4 cm³/mol. The van der Waals surface area contributed by atoms with E-state index < -0.39 is 0 Å². The molecule has 0 radical (unpaired) electrons. The Morgan fingerprint density at radius 1 is 0.947 bits per heavy atom. The number of para-hydroxylation sites is 2. The second kappa shape index (κ2) is 5.06. The molecule has 0 spiro atoms. The molecule has 2 N–H and O–H groups in total. The highest BCUT2D eigenvalue weighted by molar-refractivity contribution is 6.08. The monoisotopic (exact) mass is 252 g/mol. The van der Waals surface area contributed by atoms with Crippen LogP contribution >= 0.6 is 0 Å². The Hall–Kier alpha value is -1.80. The molecule has 0 saturated carbocycles. The minimum Gasteiger partial charge on any atom is -0.337 e. The zero-order chi connectivity index (χ0) is 13.2. The Bertz CT molecular complexity index is 643. The van der Waals surface area contributed by atoms with Crippen LogP contribution in [0.25, 0.3) is 21.8 Å². The van der Waals surface area contributed by atoms with Crippen LogP contribution in [0.1, 0.15) is 25.8 Å². The van der Waals surface area contributed by atoms with E-state index in [-0.39, 0.29) is 0 Å². The molecule has 2 heteroatoms. The average molecular weight is 252 g/mol. The van der Waals surface area contributed by atoms with E-state index in [9.17, 15) is 0 Å². The van der Waals surface area contributed by atoms with Gasteiger partial charge in [0.05, 0.1) is 0 Å². The molecular weight excluding hydrogens is 232 g/mol. The quantitative estimate of drug-likeness (QED) is 0.744. The summed E-state index contributed by atoms with van der Waals surface area (Å²) in [6, 6.07) is 17.8. The van der Waals surface area contributed by atoms with Gasteiger partial charge in [-0.3, -0.25) is 0 Å². The van der Waals surface area contributed by atoms with Gasteiger partial charge >= 0.3 is 0 Å². The molecule has 0 amide bonds. The van der Waals surface area contributed by atoms with Crippen LogP contribution in [-0.4, -0.2) is 11.1 Å². The van der Waals surface area contributed by atoms with Gasteiger partial charge in [0.15, 0.2) is 0 Å². The van der Waals surface area contributed by atoms with Crippen molar-refractivity contribution in [2.45, 2.75) is 25.8 Å². The van der Waals surface area contributed by atoms with E-state index in [0.717, 1.165) is 19.4 Å². The van der Waals surface area contributed by atoms with E-state index in [2.05, 4.69) is 60.0 Å². The lowest BCUT2D eigenvalue weighted by Gasteiger charge is -2.19. The SMILES string of the molecule is CCC(CCN)n1c2ccccc2c2ccccc21. The van der Waals surface area contributed by atoms with Gasteiger partial charge < -0.3 is 10.3 Å². The van der Waals surface area contributed by atoms with Crippen LogP contribution < -0.4 is 5.73 Å². The summed E-state index contributed by atoms with van der Waals surface area (Å²) in [6.45, 7) is 2.98. The van der Waals surface area contributed by atoms with Crippen LogP contribution in [0.2, 0.25) is 0 Å². The zero-order valence-electron chi connectivity index (χ0n) is 11.3. The van der Waals surface area contributed by atoms with Crippen molar-refractivity contribution in [3.05, 3.63) is 48.5 Å². The number of hydrogen-bond donors (Lipinski definition) is 1. The third kappa shape index (κ3) is 1.92. The number of benzene rings is 2. The normalized spacial score (nSPS) is 13.2. The minimum atomic E-state index is 0.481. The average Bonchev–Trinajstić information content (AvgIpc) is 2.80. The second-order valence-electron chi connectivity index (χ2n) is 5.04. The van der Waals surface area contributed by atoms with Gasteiger partial charge in [-0.25, -0.2) is 0 Å². The van der Waals surface area contributed by atoms with Crippen LogP contribution in [-0.2, 0) is 0 Å². The molecule has 98 valence electrons. The van der Waals surface area contributed by atoms with E-state index in [1.165, 1.54) is 21.8 Å².